The molecular formula is C22H30N4O5S. The second kappa shape index (κ2) is 10.8. The molecule has 0 aliphatic carbocycles. The Bertz CT molecular complexity index is 1040. The van der Waals surface area contributed by atoms with Gasteiger partial charge in [-0.15, -0.1) is 0 Å². The van der Waals surface area contributed by atoms with Crippen LogP contribution < -0.4 is 19.9 Å². The first-order valence-corrected chi connectivity index (χ1v) is 11.9. The van der Waals surface area contributed by atoms with Gasteiger partial charge < -0.3 is 19.7 Å². The number of anilines is 1. The average Bonchev–Trinajstić information content (AvgIpc) is 2.78. The van der Waals surface area contributed by atoms with Crippen LogP contribution in [0, 0.1) is 0 Å². The third-order valence-corrected chi connectivity index (χ3v) is 6.33. The zero-order chi connectivity index (χ0) is 23.1. The standard InChI is InChI=1S/C22H30N4O5S/c1-30-20-7-6-17(14-21(20)31-2)16-26-12-10-25(11-13-26)9-8-22(27)24-18-4-3-5-19(15-18)32(23,28)29/h3-7,14-15H,8-13,16H2,1-2H3,(H,24,27)(H2,23,28,29). The number of primary sulfonamides is 1. The molecule has 0 atom stereocenters. The number of methoxy groups -OCH3 is 2. The Morgan fingerprint density at radius 1 is 1.00 bits per heavy atom. The monoisotopic (exact) mass is 462 g/mol. The largest absolute Gasteiger partial charge is 0.493 e. The highest BCUT2D eigenvalue weighted by atomic mass is 32.2. The molecule has 1 fully saturated rings. The number of nitrogens with zero attached hydrogens (tertiary/aromatic N) is 2. The first-order chi connectivity index (χ1) is 15.3. The summed E-state index contributed by atoms with van der Waals surface area (Å²) < 4.78 is 33.6. The number of hydrogen-bond donors (Lipinski definition) is 2. The average molecular weight is 463 g/mol. The van der Waals surface area contributed by atoms with E-state index >= 15 is 0 Å². The van der Waals surface area contributed by atoms with Gasteiger partial charge in [-0.1, -0.05) is 12.1 Å². The van der Waals surface area contributed by atoms with Crippen molar-refractivity contribution >= 4 is 21.6 Å². The molecule has 1 heterocycles. The van der Waals surface area contributed by atoms with Gasteiger partial charge in [-0.2, -0.15) is 0 Å². The summed E-state index contributed by atoms with van der Waals surface area (Å²) in [6.07, 6.45) is 0.329. The van der Waals surface area contributed by atoms with Crippen molar-refractivity contribution in [1.82, 2.24) is 9.80 Å². The number of amides is 1. The van der Waals surface area contributed by atoms with Crippen molar-refractivity contribution in [3.05, 3.63) is 48.0 Å². The number of ether oxygens (including phenoxy) is 2. The molecule has 1 aliphatic rings. The maximum atomic E-state index is 12.3. The SMILES string of the molecule is COc1ccc(CN2CCN(CCC(=O)Nc3cccc(S(N)(=O)=O)c3)CC2)cc1OC. The van der Waals surface area contributed by atoms with E-state index < -0.39 is 10.0 Å². The van der Waals surface area contributed by atoms with E-state index in [-0.39, 0.29) is 10.8 Å². The molecule has 0 radical (unpaired) electrons. The lowest BCUT2D eigenvalue weighted by molar-refractivity contribution is -0.116. The number of sulfonamides is 1. The highest BCUT2D eigenvalue weighted by Gasteiger charge is 2.18. The van der Waals surface area contributed by atoms with Gasteiger partial charge in [0.15, 0.2) is 11.5 Å². The van der Waals surface area contributed by atoms with Crippen LogP contribution in [0.5, 0.6) is 11.5 Å². The molecule has 0 saturated carbocycles. The lowest BCUT2D eigenvalue weighted by Gasteiger charge is -2.34. The normalized spacial score (nSPS) is 15.3. The number of piperazine rings is 1. The fourth-order valence-corrected chi connectivity index (χ4v) is 4.20. The topological polar surface area (TPSA) is 114 Å². The number of carbonyl (C=O) groups excluding carboxylic acids is 1. The van der Waals surface area contributed by atoms with Crippen molar-refractivity contribution in [2.75, 3.05) is 52.3 Å². The first-order valence-electron chi connectivity index (χ1n) is 10.4. The van der Waals surface area contributed by atoms with Crippen LogP contribution in [-0.2, 0) is 21.4 Å². The molecule has 0 unspecified atom stereocenters. The summed E-state index contributed by atoms with van der Waals surface area (Å²) in [5, 5.41) is 7.87. The molecular weight excluding hydrogens is 432 g/mol. The van der Waals surface area contributed by atoms with Crippen molar-refractivity contribution in [2.45, 2.75) is 17.9 Å². The number of benzene rings is 2. The van der Waals surface area contributed by atoms with Crippen LogP contribution >= 0.6 is 0 Å². The van der Waals surface area contributed by atoms with Crippen molar-refractivity contribution in [3.8, 4) is 11.5 Å². The van der Waals surface area contributed by atoms with E-state index in [1.807, 2.05) is 18.2 Å². The van der Waals surface area contributed by atoms with Crippen LogP contribution in [-0.4, -0.2) is 71.1 Å². The van der Waals surface area contributed by atoms with Crippen molar-refractivity contribution < 1.29 is 22.7 Å². The Balaban J connectivity index is 1.43. The highest BCUT2D eigenvalue weighted by molar-refractivity contribution is 7.89. The number of nitrogens with one attached hydrogen (secondary N) is 1. The predicted molar refractivity (Wildman–Crippen MR) is 122 cm³/mol. The van der Waals surface area contributed by atoms with Crippen molar-refractivity contribution in [2.24, 2.45) is 5.14 Å². The predicted octanol–water partition coefficient (Wildman–Crippen LogP) is 1.50. The van der Waals surface area contributed by atoms with Crippen LogP contribution in [0.15, 0.2) is 47.4 Å². The lowest BCUT2D eigenvalue weighted by Crippen LogP contribution is -2.46. The molecule has 3 rings (SSSR count). The quantitative estimate of drug-likeness (QED) is 0.580. The number of carbonyl (C=O) groups is 1. The first kappa shape index (κ1) is 24.0. The number of nitrogens with two attached hydrogens (primary N) is 1. The summed E-state index contributed by atoms with van der Waals surface area (Å²) in [5.41, 5.74) is 1.58. The van der Waals surface area contributed by atoms with Crippen molar-refractivity contribution in [1.29, 1.82) is 0 Å². The molecule has 9 nitrogen and oxygen atoms in total. The maximum Gasteiger partial charge on any atom is 0.238 e. The summed E-state index contributed by atoms with van der Waals surface area (Å²) in [5.74, 6) is 1.28. The van der Waals surface area contributed by atoms with Gasteiger partial charge in [-0.25, -0.2) is 13.6 Å². The van der Waals surface area contributed by atoms with E-state index in [2.05, 4.69) is 15.1 Å². The molecule has 1 aliphatic heterocycles. The highest BCUT2D eigenvalue weighted by Crippen LogP contribution is 2.28. The zero-order valence-electron chi connectivity index (χ0n) is 18.4. The second-order valence-corrected chi connectivity index (χ2v) is 9.24. The molecule has 2 aromatic rings. The minimum absolute atomic E-state index is 0.0269. The van der Waals surface area contributed by atoms with E-state index in [1.54, 1.807) is 26.4 Å². The van der Waals surface area contributed by atoms with Gasteiger partial charge in [0.25, 0.3) is 0 Å². The molecule has 0 aromatic heterocycles. The van der Waals surface area contributed by atoms with Crippen LogP contribution in [0.4, 0.5) is 5.69 Å². The minimum Gasteiger partial charge on any atom is -0.493 e. The lowest BCUT2D eigenvalue weighted by atomic mass is 10.1. The maximum absolute atomic E-state index is 12.3. The third-order valence-electron chi connectivity index (χ3n) is 5.42. The zero-order valence-corrected chi connectivity index (χ0v) is 19.2. The summed E-state index contributed by atoms with van der Waals surface area (Å²) in [6.45, 7) is 5.04. The molecule has 1 saturated heterocycles. The molecule has 2 aromatic carbocycles. The summed E-state index contributed by atoms with van der Waals surface area (Å²) in [4.78, 5) is 16.9. The molecule has 0 bridgehead atoms. The molecule has 0 spiro atoms. The number of hydrogen-bond acceptors (Lipinski definition) is 7. The van der Waals surface area contributed by atoms with Crippen molar-refractivity contribution in [3.63, 3.8) is 0 Å². The summed E-state index contributed by atoms with van der Waals surface area (Å²) in [7, 11) is -0.547. The third kappa shape index (κ3) is 6.67. The Kier molecular flexibility index (Phi) is 8.08. The molecule has 1 amide bonds. The minimum atomic E-state index is -3.80. The smallest absolute Gasteiger partial charge is 0.238 e. The van der Waals surface area contributed by atoms with E-state index in [1.165, 1.54) is 12.1 Å². The Labute approximate surface area is 189 Å². The van der Waals surface area contributed by atoms with Crippen LogP contribution in [0.2, 0.25) is 0 Å². The Hall–Kier alpha value is -2.66. The van der Waals surface area contributed by atoms with E-state index in [9.17, 15) is 13.2 Å². The second-order valence-electron chi connectivity index (χ2n) is 7.68. The van der Waals surface area contributed by atoms with Gasteiger partial charge in [0, 0.05) is 51.4 Å². The van der Waals surface area contributed by atoms with Gasteiger partial charge in [-0.05, 0) is 35.9 Å². The summed E-state index contributed by atoms with van der Waals surface area (Å²) in [6, 6.07) is 11.9. The fourth-order valence-electron chi connectivity index (χ4n) is 3.64. The van der Waals surface area contributed by atoms with E-state index in [0.717, 1.165) is 49.8 Å². The van der Waals surface area contributed by atoms with Crippen LogP contribution in [0.1, 0.15) is 12.0 Å². The fraction of sp³-hybridized carbons (Fsp3) is 0.409. The van der Waals surface area contributed by atoms with Gasteiger partial charge in [0.05, 0.1) is 19.1 Å². The Morgan fingerprint density at radius 2 is 1.69 bits per heavy atom. The van der Waals surface area contributed by atoms with Crippen LogP contribution in [0.3, 0.4) is 0 Å². The molecule has 3 N–H and O–H groups in total. The van der Waals surface area contributed by atoms with Gasteiger partial charge in [-0.3, -0.25) is 9.69 Å². The Morgan fingerprint density at radius 3 is 2.34 bits per heavy atom. The van der Waals surface area contributed by atoms with Gasteiger partial charge in [0.1, 0.15) is 0 Å². The molecule has 10 heteroatoms. The van der Waals surface area contributed by atoms with E-state index in [0.29, 0.717) is 18.7 Å². The molecule has 32 heavy (non-hydrogen) atoms. The summed E-state index contributed by atoms with van der Waals surface area (Å²) >= 11 is 0. The number of rotatable bonds is 9. The van der Waals surface area contributed by atoms with E-state index in [4.69, 9.17) is 14.6 Å². The molecule has 174 valence electrons. The van der Waals surface area contributed by atoms with Gasteiger partial charge >= 0.3 is 0 Å². The van der Waals surface area contributed by atoms with Gasteiger partial charge in [0.2, 0.25) is 15.9 Å². The van der Waals surface area contributed by atoms with Crippen LogP contribution in [0.25, 0.3) is 0 Å².